The lowest BCUT2D eigenvalue weighted by Gasteiger charge is -2.16. The summed E-state index contributed by atoms with van der Waals surface area (Å²) in [4.78, 5) is 9.40. The van der Waals surface area contributed by atoms with E-state index in [4.69, 9.17) is 4.98 Å². The molecule has 0 bridgehead atoms. The lowest BCUT2D eigenvalue weighted by atomic mass is 9.98. The van der Waals surface area contributed by atoms with Gasteiger partial charge in [0, 0.05) is 23.6 Å². The van der Waals surface area contributed by atoms with E-state index in [0.717, 1.165) is 28.1 Å². The minimum absolute atomic E-state index is 0.912. The van der Waals surface area contributed by atoms with E-state index in [2.05, 4.69) is 101 Å². The third-order valence-corrected chi connectivity index (χ3v) is 6.32. The Morgan fingerprint density at radius 3 is 2.06 bits per heavy atom. The largest absolute Gasteiger partial charge is 0.299 e. The molecule has 6 aromatic rings. The van der Waals surface area contributed by atoms with Crippen LogP contribution in [0.1, 0.15) is 11.1 Å². The van der Waals surface area contributed by atoms with Gasteiger partial charge in [-0.25, -0.2) is 9.97 Å². The second-order valence-electron chi connectivity index (χ2n) is 8.60. The minimum atomic E-state index is 0.912. The van der Waals surface area contributed by atoms with Crippen molar-refractivity contribution in [3.05, 3.63) is 121 Å². The molecule has 0 saturated carbocycles. The quantitative estimate of drug-likeness (QED) is 0.291. The van der Waals surface area contributed by atoms with Crippen molar-refractivity contribution >= 4 is 11.0 Å². The Labute approximate surface area is 198 Å². The van der Waals surface area contributed by atoms with Gasteiger partial charge in [-0.1, -0.05) is 48.5 Å². The summed E-state index contributed by atoms with van der Waals surface area (Å²) in [6, 6.07) is 31.7. The van der Waals surface area contributed by atoms with Gasteiger partial charge >= 0.3 is 0 Å². The summed E-state index contributed by atoms with van der Waals surface area (Å²) in [5.74, 6) is 0.912. The van der Waals surface area contributed by atoms with Gasteiger partial charge < -0.3 is 0 Å². The Morgan fingerprint density at radius 1 is 0.618 bits per heavy atom. The number of benzene rings is 4. The number of hydrogen-bond acceptors (Lipinski definition) is 2. The number of nitrogens with zero attached hydrogens (tertiary/aromatic N) is 4. The van der Waals surface area contributed by atoms with Gasteiger partial charge in [-0.3, -0.25) is 9.13 Å². The monoisotopic (exact) mass is 440 g/mol. The highest BCUT2D eigenvalue weighted by Crippen LogP contribution is 2.31. The third-order valence-electron chi connectivity index (χ3n) is 6.32. The highest BCUT2D eigenvalue weighted by atomic mass is 15.1. The highest BCUT2D eigenvalue weighted by molar-refractivity contribution is 5.82. The standard InChI is InChI=1S/C30H24N4/c1-21-17-25(23-9-5-3-6-10-23)18-22(2)29(21)33-16-15-31-30(33)24-13-14-28-27(19-24)32-20-34(28)26-11-7-4-8-12-26/h3-20H,1-2H3. The van der Waals surface area contributed by atoms with Crippen molar-refractivity contribution < 1.29 is 0 Å². The molecule has 2 heterocycles. The molecule has 6 rings (SSSR count). The first-order chi connectivity index (χ1) is 16.7. The van der Waals surface area contributed by atoms with Gasteiger partial charge in [-0.05, 0) is 78.6 Å². The van der Waals surface area contributed by atoms with Crippen LogP contribution in [-0.2, 0) is 0 Å². The molecule has 0 N–H and O–H groups in total. The van der Waals surface area contributed by atoms with E-state index in [1.54, 1.807) is 0 Å². The van der Waals surface area contributed by atoms with Gasteiger partial charge in [0.15, 0.2) is 0 Å². The molecule has 0 unspecified atom stereocenters. The highest BCUT2D eigenvalue weighted by Gasteiger charge is 2.15. The van der Waals surface area contributed by atoms with Crippen molar-refractivity contribution in [1.29, 1.82) is 0 Å². The van der Waals surface area contributed by atoms with E-state index in [-0.39, 0.29) is 0 Å². The van der Waals surface area contributed by atoms with Gasteiger partial charge in [0.2, 0.25) is 0 Å². The van der Waals surface area contributed by atoms with Gasteiger partial charge in [-0.15, -0.1) is 0 Å². The summed E-state index contributed by atoms with van der Waals surface area (Å²) in [5, 5.41) is 0. The summed E-state index contributed by atoms with van der Waals surface area (Å²) in [5.41, 5.74) is 10.2. The second-order valence-corrected chi connectivity index (χ2v) is 8.60. The number of aromatic nitrogens is 4. The zero-order valence-electron chi connectivity index (χ0n) is 19.2. The Hall–Kier alpha value is -4.44. The van der Waals surface area contributed by atoms with E-state index in [0.29, 0.717) is 0 Å². The molecule has 4 nitrogen and oxygen atoms in total. The molecular weight excluding hydrogens is 416 g/mol. The topological polar surface area (TPSA) is 35.6 Å². The molecule has 0 atom stereocenters. The zero-order chi connectivity index (χ0) is 23.1. The smallest absolute Gasteiger partial charge is 0.144 e. The minimum Gasteiger partial charge on any atom is -0.299 e. The maximum atomic E-state index is 4.73. The third kappa shape index (κ3) is 3.41. The van der Waals surface area contributed by atoms with Crippen molar-refractivity contribution in [1.82, 2.24) is 19.1 Å². The van der Waals surface area contributed by atoms with E-state index in [1.165, 1.54) is 27.9 Å². The molecule has 34 heavy (non-hydrogen) atoms. The number of aryl methyl sites for hydroxylation is 2. The van der Waals surface area contributed by atoms with Crippen LogP contribution in [0.5, 0.6) is 0 Å². The second kappa shape index (κ2) is 8.16. The lowest BCUT2D eigenvalue weighted by molar-refractivity contribution is 1.03. The SMILES string of the molecule is Cc1cc(-c2ccccc2)cc(C)c1-n1ccnc1-c1ccc2c(c1)ncn2-c1ccccc1. The van der Waals surface area contributed by atoms with Gasteiger partial charge in [0.05, 0.1) is 16.7 Å². The average molecular weight is 441 g/mol. The normalized spacial score (nSPS) is 11.2. The van der Waals surface area contributed by atoms with Crippen LogP contribution in [0.25, 0.3) is 44.9 Å². The van der Waals surface area contributed by atoms with Crippen LogP contribution in [0, 0.1) is 13.8 Å². The van der Waals surface area contributed by atoms with E-state index in [1.807, 2.05) is 36.9 Å². The molecule has 0 aliphatic heterocycles. The zero-order valence-corrected chi connectivity index (χ0v) is 19.2. The van der Waals surface area contributed by atoms with Crippen LogP contribution in [0.4, 0.5) is 0 Å². The van der Waals surface area contributed by atoms with Crippen LogP contribution in [0.2, 0.25) is 0 Å². The van der Waals surface area contributed by atoms with Crippen molar-refractivity contribution in [3.8, 4) is 33.9 Å². The Balaban J connectivity index is 1.43. The maximum Gasteiger partial charge on any atom is 0.144 e. The summed E-state index contributed by atoms with van der Waals surface area (Å²) >= 11 is 0. The maximum absolute atomic E-state index is 4.73. The molecule has 4 aromatic carbocycles. The molecule has 0 saturated heterocycles. The Bertz CT molecular complexity index is 1590. The summed E-state index contributed by atoms with van der Waals surface area (Å²) in [7, 11) is 0. The molecule has 4 heteroatoms. The fraction of sp³-hybridized carbons (Fsp3) is 0.0667. The van der Waals surface area contributed by atoms with Crippen LogP contribution in [0.3, 0.4) is 0 Å². The molecule has 0 aliphatic rings. The molecule has 0 radical (unpaired) electrons. The molecule has 164 valence electrons. The predicted molar refractivity (Wildman–Crippen MR) is 139 cm³/mol. The van der Waals surface area contributed by atoms with Crippen LogP contribution in [0.15, 0.2) is 110 Å². The van der Waals surface area contributed by atoms with Gasteiger partial charge in [-0.2, -0.15) is 0 Å². The van der Waals surface area contributed by atoms with E-state index in [9.17, 15) is 0 Å². The lowest BCUT2D eigenvalue weighted by Crippen LogP contribution is -2.02. The van der Waals surface area contributed by atoms with Crippen molar-refractivity contribution in [2.75, 3.05) is 0 Å². The number of fused-ring (bicyclic) bond motifs is 1. The summed E-state index contributed by atoms with van der Waals surface area (Å²) in [6.45, 7) is 4.34. The van der Waals surface area contributed by atoms with E-state index < -0.39 is 0 Å². The molecule has 0 amide bonds. The molecule has 2 aromatic heterocycles. The summed E-state index contributed by atoms with van der Waals surface area (Å²) in [6.07, 6.45) is 5.79. The van der Waals surface area contributed by atoms with Gasteiger partial charge in [0.25, 0.3) is 0 Å². The molecule has 0 spiro atoms. The fourth-order valence-corrected chi connectivity index (χ4v) is 4.78. The van der Waals surface area contributed by atoms with Gasteiger partial charge in [0.1, 0.15) is 12.2 Å². The Kier molecular flexibility index (Phi) is 4.84. The van der Waals surface area contributed by atoms with Crippen LogP contribution < -0.4 is 0 Å². The molecule has 0 fully saturated rings. The Morgan fingerprint density at radius 2 is 1.32 bits per heavy atom. The first-order valence-electron chi connectivity index (χ1n) is 11.4. The molecule has 0 aliphatic carbocycles. The number of hydrogen-bond donors (Lipinski definition) is 0. The first kappa shape index (κ1) is 20.2. The summed E-state index contributed by atoms with van der Waals surface area (Å²) < 4.78 is 4.30. The predicted octanol–water partition coefficient (Wildman–Crippen LogP) is 7.16. The average Bonchev–Trinajstić information content (AvgIpc) is 3.52. The number of rotatable bonds is 4. The van der Waals surface area contributed by atoms with Crippen LogP contribution in [-0.4, -0.2) is 19.1 Å². The fourth-order valence-electron chi connectivity index (χ4n) is 4.78. The van der Waals surface area contributed by atoms with Crippen molar-refractivity contribution in [2.45, 2.75) is 13.8 Å². The number of para-hydroxylation sites is 1. The first-order valence-corrected chi connectivity index (χ1v) is 11.4. The van der Waals surface area contributed by atoms with E-state index >= 15 is 0 Å². The van der Waals surface area contributed by atoms with Crippen LogP contribution >= 0.6 is 0 Å². The van der Waals surface area contributed by atoms with Crippen molar-refractivity contribution in [3.63, 3.8) is 0 Å². The van der Waals surface area contributed by atoms with Crippen molar-refractivity contribution in [2.24, 2.45) is 0 Å². The number of imidazole rings is 2. The molecular formula is C30H24N4.